The molecule has 3 unspecified atom stereocenters. The molecule has 2 fully saturated rings. The summed E-state index contributed by atoms with van der Waals surface area (Å²) in [5.74, 6) is 0. The molecule has 14 heteroatoms. The molecule has 172 valence electrons. The third-order valence-corrected chi connectivity index (χ3v) is 24.4. The Labute approximate surface area is 181 Å². The molecular weight excluding hydrogens is 465 g/mol. The molecule has 2 aliphatic rings. The van der Waals surface area contributed by atoms with Gasteiger partial charge in [0, 0.05) is 20.8 Å². The summed E-state index contributed by atoms with van der Waals surface area (Å²) in [7, 11) is -8.10. The van der Waals surface area contributed by atoms with Crippen LogP contribution in [-0.4, -0.2) is 95.7 Å². The van der Waals surface area contributed by atoms with Crippen LogP contribution < -0.4 is 0 Å². The summed E-state index contributed by atoms with van der Waals surface area (Å²) in [6, 6.07) is 2.18. The van der Waals surface area contributed by atoms with Gasteiger partial charge in [-0.2, -0.15) is 0 Å². The Bertz CT molecular complexity index is 473. The zero-order valence-corrected chi connectivity index (χ0v) is 23.9. The van der Waals surface area contributed by atoms with Gasteiger partial charge < -0.3 is 39.9 Å². The second kappa shape index (κ2) is 11.5. The minimum Gasteiger partial charge on any atom is -0.418 e. The molecule has 0 amide bonds. The quantitative estimate of drug-likeness (QED) is 0.238. The van der Waals surface area contributed by atoms with Crippen molar-refractivity contribution in [2.24, 2.45) is 0 Å². The van der Waals surface area contributed by atoms with E-state index in [1.54, 1.807) is 14.2 Å². The van der Waals surface area contributed by atoms with Gasteiger partial charge in [-0.3, -0.25) is 0 Å². The van der Waals surface area contributed by atoms with Gasteiger partial charge in [0.15, 0.2) is 0 Å². The first-order valence-electron chi connectivity index (χ1n) is 10.3. The molecule has 0 radical (unpaired) electrons. The van der Waals surface area contributed by atoms with E-state index >= 15 is 0 Å². The zero-order chi connectivity index (χ0) is 21.5. The van der Waals surface area contributed by atoms with Crippen LogP contribution in [0.5, 0.6) is 0 Å². The fraction of sp³-hybridized carbons (Fsp3) is 1.00. The zero-order valence-electron chi connectivity index (χ0n) is 18.6. The van der Waals surface area contributed by atoms with Crippen molar-refractivity contribution >= 4 is 44.3 Å². The highest BCUT2D eigenvalue weighted by atomic mass is 28.5. The number of aliphatic hydroxyl groups excluding tert-OH is 1. The maximum atomic E-state index is 9.72. The van der Waals surface area contributed by atoms with Gasteiger partial charge in [0.25, 0.3) is 0 Å². The van der Waals surface area contributed by atoms with E-state index in [9.17, 15) is 5.11 Å². The van der Waals surface area contributed by atoms with Crippen molar-refractivity contribution in [2.75, 3.05) is 40.3 Å². The van der Waals surface area contributed by atoms with Crippen molar-refractivity contribution in [1.29, 1.82) is 0 Å². The average molecular weight is 503 g/mol. The molecular formula is C15H38O9Si5. The van der Waals surface area contributed by atoms with Gasteiger partial charge in [-0.1, -0.05) is 0 Å². The van der Waals surface area contributed by atoms with E-state index in [1.807, 2.05) is 13.1 Å². The fourth-order valence-electron chi connectivity index (χ4n) is 3.53. The van der Waals surface area contributed by atoms with Crippen LogP contribution in [0.2, 0.25) is 44.3 Å². The van der Waals surface area contributed by atoms with Gasteiger partial charge in [-0.15, -0.1) is 0 Å². The Hall–Kier alpha value is 0.724. The van der Waals surface area contributed by atoms with Crippen LogP contribution in [0, 0.1) is 0 Å². The van der Waals surface area contributed by atoms with Crippen LogP contribution in [0.3, 0.4) is 0 Å². The van der Waals surface area contributed by atoms with Gasteiger partial charge in [-0.25, -0.2) is 0 Å². The summed E-state index contributed by atoms with van der Waals surface area (Å²) in [5, 5.41) is 9.72. The first kappa shape index (κ1) is 26.0. The Morgan fingerprint density at radius 2 is 1.52 bits per heavy atom. The molecule has 0 spiro atoms. The smallest absolute Gasteiger partial charge is 0.363 e. The van der Waals surface area contributed by atoms with Crippen LogP contribution in [0.4, 0.5) is 0 Å². The van der Waals surface area contributed by atoms with E-state index in [4.69, 9.17) is 34.8 Å². The van der Waals surface area contributed by atoms with E-state index in [1.165, 1.54) is 0 Å². The molecule has 0 aromatic heterocycles. The van der Waals surface area contributed by atoms with Crippen LogP contribution in [0.15, 0.2) is 0 Å². The van der Waals surface area contributed by atoms with Gasteiger partial charge in [-0.05, 0) is 50.7 Å². The lowest BCUT2D eigenvalue weighted by molar-refractivity contribution is 0.115. The van der Waals surface area contributed by atoms with Crippen LogP contribution in [-0.2, 0) is 34.8 Å². The fourth-order valence-corrected chi connectivity index (χ4v) is 24.5. The second-order valence-electron chi connectivity index (χ2n) is 7.99. The maximum Gasteiger partial charge on any atom is 0.363 e. The lowest BCUT2D eigenvalue weighted by atomic mass is 10.5. The van der Waals surface area contributed by atoms with Gasteiger partial charge in [0.1, 0.15) is 6.10 Å². The third kappa shape index (κ3) is 8.64. The van der Waals surface area contributed by atoms with Crippen molar-refractivity contribution in [1.82, 2.24) is 0 Å². The molecule has 0 bridgehead atoms. The Balaban J connectivity index is 1.88. The molecule has 9 nitrogen and oxygen atoms in total. The Morgan fingerprint density at radius 3 is 1.97 bits per heavy atom. The SMILES string of the molecule is CO[Si](CO)(CC[Si]1(C)O[SiH](C)O[Si](C)(CCCOCC2CO2)O[SiH](C)O1)OC. The molecule has 2 saturated heterocycles. The van der Waals surface area contributed by atoms with Gasteiger partial charge in [0.05, 0.1) is 19.4 Å². The first-order chi connectivity index (χ1) is 13.7. The standard InChI is InChI=1S/C15H38O9Si5/c1-17-29(14-16,18-2)11-10-28(6)23-25(3)21-27(5,22-26(4)24-28)9-7-8-19-12-15-13-20-15/h15-16,25-26H,7-14H2,1-6H3. The predicted molar refractivity (Wildman–Crippen MR) is 120 cm³/mol. The number of epoxide rings is 1. The Morgan fingerprint density at radius 1 is 1.00 bits per heavy atom. The monoisotopic (exact) mass is 502 g/mol. The van der Waals surface area contributed by atoms with Gasteiger partial charge in [0.2, 0.25) is 0 Å². The number of hydrogen-bond acceptors (Lipinski definition) is 9. The lowest BCUT2D eigenvalue weighted by Crippen LogP contribution is -2.58. The molecule has 2 aliphatic heterocycles. The van der Waals surface area contributed by atoms with E-state index in [0.717, 1.165) is 19.1 Å². The number of rotatable bonds is 12. The average Bonchev–Trinajstić information content (AvgIpc) is 3.46. The molecule has 29 heavy (non-hydrogen) atoms. The molecule has 1 N–H and O–H groups in total. The lowest BCUT2D eigenvalue weighted by Gasteiger charge is -2.42. The maximum absolute atomic E-state index is 9.72. The van der Waals surface area contributed by atoms with Crippen molar-refractivity contribution in [2.45, 2.75) is 56.8 Å². The summed E-state index contributed by atoms with van der Waals surface area (Å²) in [5.41, 5.74) is 0. The molecule has 2 heterocycles. The molecule has 2 rings (SSSR count). The molecule has 0 aromatic carbocycles. The van der Waals surface area contributed by atoms with E-state index in [-0.39, 0.29) is 6.23 Å². The summed E-state index contributed by atoms with van der Waals surface area (Å²) in [4.78, 5) is 0. The minimum atomic E-state index is -2.61. The van der Waals surface area contributed by atoms with E-state index in [2.05, 4.69) is 13.1 Å². The van der Waals surface area contributed by atoms with Crippen LogP contribution in [0.1, 0.15) is 6.42 Å². The number of ether oxygens (including phenoxy) is 2. The van der Waals surface area contributed by atoms with Crippen molar-refractivity contribution in [3.05, 3.63) is 0 Å². The summed E-state index contributed by atoms with van der Waals surface area (Å²) < 4.78 is 47.6. The van der Waals surface area contributed by atoms with E-state index in [0.29, 0.717) is 31.4 Å². The highest BCUT2D eigenvalue weighted by Crippen LogP contribution is 2.29. The topological polar surface area (TPSA) is 97.4 Å². The first-order valence-corrected chi connectivity index (χ1v) is 21.8. The van der Waals surface area contributed by atoms with Crippen LogP contribution >= 0.6 is 0 Å². The molecule has 0 aromatic rings. The normalized spacial score (nSPS) is 35.9. The summed E-state index contributed by atoms with van der Waals surface area (Å²) >= 11 is 0. The minimum absolute atomic E-state index is 0.0859. The molecule has 0 aliphatic carbocycles. The second-order valence-corrected chi connectivity index (χ2v) is 23.0. The highest BCUT2D eigenvalue weighted by molar-refractivity contribution is 6.85. The largest absolute Gasteiger partial charge is 0.418 e. The Kier molecular flexibility index (Phi) is 10.3. The van der Waals surface area contributed by atoms with Crippen molar-refractivity contribution < 1.29 is 39.9 Å². The molecule has 0 saturated carbocycles. The summed E-state index contributed by atoms with van der Waals surface area (Å²) in [6.45, 7) is 10.5. The van der Waals surface area contributed by atoms with Crippen LogP contribution in [0.25, 0.3) is 0 Å². The van der Waals surface area contributed by atoms with Crippen molar-refractivity contribution in [3.63, 3.8) is 0 Å². The third-order valence-electron chi connectivity index (χ3n) is 5.23. The van der Waals surface area contributed by atoms with Crippen molar-refractivity contribution in [3.8, 4) is 0 Å². The number of hydrogen-bond donors (Lipinski definition) is 1. The predicted octanol–water partition coefficient (Wildman–Crippen LogP) is 0.983. The molecule has 3 atom stereocenters. The number of aliphatic hydroxyl groups is 1. The van der Waals surface area contributed by atoms with Gasteiger partial charge >= 0.3 is 44.3 Å². The van der Waals surface area contributed by atoms with E-state index < -0.39 is 44.3 Å². The highest BCUT2D eigenvalue weighted by Gasteiger charge is 2.47. The summed E-state index contributed by atoms with van der Waals surface area (Å²) in [6.07, 6.45) is 1.11.